The number of carbonyl (C=O) groups is 1. The van der Waals surface area contributed by atoms with E-state index in [9.17, 15) is 4.79 Å². The summed E-state index contributed by atoms with van der Waals surface area (Å²) in [6.07, 6.45) is 0. The standard InChI is InChI=1S/C22H22N4OS2/c1-15(2)26-21(18-13-28-19-11-7-6-10-17(18)19)24-25-22(26)29-14-20(27)23-12-16-8-4-3-5-9-16/h3-11,13,15H,12,14H2,1-2H3,(H,23,27). The monoisotopic (exact) mass is 422 g/mol. The van der Waals surface area contributed by atoms with Crippen LogP contribution in [0.1, 0.15) is 25.5 Å². The Morgan fingerprint density at radius 1 is 1.10 bits per heavy atom. The van der Waals surface area contributed by atoms with Gasteiger partial charge in [0.1, 0.15) is 0 Å². The van der Waals surface area contributed by atoms with Crippen molar-refractivity contribution in [1.82, 2.24) is 20.1 Å². The second-order valence-corrected chi connectivity index (χ2v) is 8.82. The molecule has 148 valence electrons. The lowest BCUT2D eigenvalue weighted by molar-refractivity contribution is -0.118. The third-order valence-electron chi connectivity index (χ3n) is 4.57. The van der Waals surface area contributed by atoms with Crippen molar-refractivity contribution in [2.45, 2.75) is 31.6 Å². The number of amides is 1. The highest BCUT2D eigenvalue weighted by atomic mass is 32.2. The molecule has 1 amide bonds. The number of thioether (sulfide) groups is 1. The van der Waals surface area contributed by atoms with Gasteiger partial charge in [0.05, 0.1) is 5.75 Å². The molecule has 0 unspecified atom stereocenters. The second-order valence-electron chi connectivity index (χ2n) is 6.97. The van der Waals surface area contributed by atoms with E-state index in [1.165, 1.54) is 21.8 Å². The zero-order valence-electron chi connectivity index (χ0n) is 16.3. The minimum absolute atomic E-state index is 0.0142. The molecule has 0 spiro atoms. The summed E-state index contributed by atoms with van der Waals surface area (Å²) in [7, 11) is 0. The van der Waals surface area contributed by atoms with Crippen LogP contribution in [0.15, 0.2) is 65.1 Å². The highest BCUT2D eigenvalue weighted by Crippen LogP contribution is 2.35. The maximum atomic E-state index is 12.3. The minimum Gasteiger partial charge on any atom is -0.351 e. The summed E-state index contributed by atoms with van der Waals surface area (Å²) in [4.78, 5) is 12.3. The number of hydrogen-bond donors (Lipinski definition) is 1. The van der Waals surface area contributed by atoms with Crippen LogP contribution >= 0.6 is 23.1 Å². The van der Waals surface area contributed by atoms with Crippen LogP contribution in [-0.4, -0.2) is 26.4 Å². The molecule has 0 bridgehead atoms. The van der Waals surface area contributed by atoms with E-state index in [-0.39, 0.29) is 11.9 Å². The molecule has 0 fully saturated rings. The molecule has 7 heteroatoms. The van der Waals surface area contributed by atoms with E-state index in [1.54, 1.807) is 11.3 Å². The first-order valence-corrected chi connectivity index (χ1v) is 11.3. The summed E-state index contributed by atoms with van der Waals surface area (Å²) < 4.78 is 3.35. The summed E-state index contributed by atoms with van der Waals surface area (Å²) in [5.74, 6) is 1.14. The van der Waals surface area contributed by atoms with Crippen LogP contribution in [-0.2, 0) is 11.3 Å². The Kier molecular flexibility index (Phi) is 5.97. The number of thiophene rings is 1. The number of benzene rings is 2. The van der Waals surface area contributed by atoms with Crippen molar-refractivity contribution in [3.63, 3.8) is 0 Å². The first-order valence-electron chi connectivity index (χ1n) is 9.48. The first-order chi connectivity index (χ1) is 14.1. The van der Waals surface area contributed by atoms with Gasteiger partial charge in [-0.2, -0.15) is 0 Å². The van der Waals surface area contributed by atoms with Crippen molar-refractivity contribution in [3.8, 4) is 11.4 Å². The van der Waals surface area contributed by atoms with Gasteiger partial charge in [-0.25, -0.2) is 0 Å². The summed E-state index contributed by atoms with van der Waals surface area (Å²) in [6, 6.07) is 18.4. The Balaban J connectivity index is 1.49. The van der Waals surface area contributed by atoms with Crippen LogP contribution < -0.4 is 5.32 Å². The van der Waals surface area contributed by atoms with Crippen LogP contribution in [0.3, 0.4) is 0 Å². The van der Waals surface area contributed by atoms with E-state index in [4.69, 9.17) is 0 Å². The third kappa shape index (κ3) is 4.36. The van der Waals surface area contributed by atoms with Gasteiger partial charge >= 0.3 is 0 Å². The number of carbonyl (C=O) groups excluding carboxylic acids is 1. The average molecular weight is 423 g/mol. The number of nitrogens with one attached hydrogen (secondary N) is 1. The fourth-order valence-electron chi connectivity index (χ4n) is 3.15. The molecule has 0 aliphatic heterocycles. The molecule has 0 aliphatic carbocycles. The third-order valence-corrected chi connectivity index (χ3v) is 6.47. The maximum Gasteiger partial charge on any atom is 0.230 e. The largest absolute Gasteiger partial charge is 0.351 e. The average Bonchev–Trinajstić information content (AvgIpc) is 3.35. The van der Waals surface area contributed by atoms with Gasteiger partial charge in [-0.1, -0.05) is 60.3 Å². The van der Waals surface area contributed by atoms with E-state index in [0.29, 0.717) is 12.3 Å². The van der Waals surface area contributed by atoms with Crippen molar-refractivity contribution in [3.05, 3.63) is 65.5 Å². The van der Waals surface area contributed by atoms with Gasteiger partial charge in [0.15, 0.2) is 11.0 Å². The zero-order chi connectivity index (χ0) is 20.2. The lowest BCUT2D eigenvalue weighted by Gasteiger charge is -2.13. The normalized spacial score (nSPS) is 11.3. The highest BCUT2D eigenvalue weighted by molar-refractivity contribution is 7.99. The van der Waals surface area contributed by atoms with Crippen LogP contribution in [0.5, 0.6) is 0 Å². The topological polar surface area (TPSA) is 59.8 Å². The van der Waals surface area contributed by atoms with Crippen LogP contribution in [0.4, 0.5) is 0 Å². The predicted octanol–water partition coefficient (Wildman–Crippen LogP) is 5.15. The molecule has 5 nitrogen and oxygen atoms in total. The Labute approximate surface area is 178 Å². The Bertz CT molecular complexity index is 1120. The smallest absolute Gasteiger partial charge is 0.230 e. The minimum atomic E-state index is -0.0142. The van der Waals surface area contributed by atoms with Crippen LogP contribution in [0.25, 0.3) is 21.5 Å². The molecule has 0 atom stereocenters. The lowest BCUT2D eigenvalue weighted by Crippen LogP contribution is -2.24. The quantitative estimate of drug-likeness (QED) is 0.419. The fraction of sp³-hybridized carbons (Fsp3) is 0.227. The van der Waals surface area contributed by atoms with Gasteiger partial charge in [0.25, 0.3) is 0 Å². The van der Waals surface area contributed by atoms with Crippen molar-refractivity contribution in [2.75, 3.05) is 5.75 Å². The fourth-order valence-corrected chi connectivity index (χ4v) is 4.99. The number of aromatic nitrogens is 3. The number of hydrogen-bond acceptors (Lipinski definition) is 5. The Hall–Kier alpha value is -2.64. The Morgan fingerprint density at radius 3 is 2.66 bits per heavy atom. The summed E-state index contributed by atoms with van der Waals surface area (Å²) in [5, 5.41) is 15.9. The molecular formula is C22H22N4OS2. The highest BCUT2D eigenvalue weighted by Gasteiger charge is 2.20. The van der Waals surface area contributed by atoms with Gasteiger partial charge in [0, 0.05) is 33.6 Å². The first kappa shape index (κ1) is 19.7. The molecule has 4 rings (SSSR count). The maximum absolute atomic E-state index is 12.3. The summed E-state index contributed by atoms with van der Waals surface area (Å²) >= 11 is 3.13. The van der Waals surface area contributed by atoms with E-state index < -0.39 is 0 Å². The number of rotatable bonds is 7. The van der Waals surface area contributed by atoms with E-state index in [0.717, 1.165) is 22.1 Å². The second kappa shape index (κ2) is 8.80. The van der Waals surface area contributed by atoms with Crippen LogP contribution in [0, 0.1) is 0 Å². The van der Waals surface area contributed by atoms with Crippen molar-refractivity contribution in [2.24, 2.45) is 0 Å². The molecule has 2 aromatic carbocycles. The summed E-state index contributed by atoms with van der Waals surface area (Å²) in [5.41, 5.74) is 2.18. The molecule has 29 heavy (non-hydrogen) atoms. The molecule has 1 N–H and O–H groups in total. The number of nitrogens with zero attached hydrogens (tertiary/aromatic N) is 3. The summed E-state index contributed by atoms with van der Waals surface area (Å²) in [6.45, 7) is 4.76. The number of fused-ring (bicyclic) bond motifs is 1. The molecular weight excluding hydrogens is 400 g/mol. The predicted molar refractivity (Wildman–Crippen MR) is 120 cm³/mol. The van der Waals surface area contributed by atoms with E-state index in [1.807, 2.05) is 42.5 Å². The van der Waals surface area contributed by atoms with Gasteiger partial charge in [-0.05, 0) is 25.5 Å². The van der Waals surface area contributed by atoms with Crippen LogP contribution in [0.2, 0.25) is 0 Å². The molecule has 0 saturated heterocycles. The molecule has 4 aromatic rings. The SMILES string of the molecule is CC(C)n1c(SCC(=O)NCc2ccccc2)nnc1-c1csc2ccccc12. The molecule has 0 radical (unpaired) electrons. The molecule has 2 aromatic heterocycles. The molecule has 0 aliphatic rings. The molecule has 2 heterocycles. The van der Waals surface area contributed by atoms with Gasteiger partial charge < -0.3 is 5.32 Å². The van der Waals surface area contributed by atoms with Gasteiger partial charge in [0.2, 0.25) is 5.91 Å². The Morgan fingerprint density at radius 2 is 1.86 bits per heavy atom. The van der Waals surface area contributed by atoms with Crippen molar-refractivity contribution in [1.29, 1.82) is 0 Å². The van der Waals surface area contributed by atoms with E-state index >= 15 is 0 Å². The zero-order valence-corrected chi connectivity index (χ0v) is 18.0. The van der Waals surface area contributed by atoms with Crippen molar-refractivity contribution < 1.29 is 4.79 Å². The van der Waals surface area contributed by atoms with Gasteiger partial charge in [-0.15, -0.1) is 21.5 Å². The van der Waals surface area contributed by atoms with E-state index in [2.05, 4.69) is 51.4 Å². The van der Waals surface area contributed by atoms with Crippen molar-refractivity contribution >= 4 is 39.1 Å². The lowest BCUT2D eigenvalue weighted by atomic mass is 10.1. The van der Waals surface area contributed by atoms with Gasteiger partial charge in [-0.3, -0.25) is 9.36 Å². The molecule has 0 saturated carbocycles.